The number of para-hydroxylation sites is 1. The second kappa shape index (κ2) is 12.5. The van der Waals surface area contributed by atoms with Crippen LogP contribution >= 0.6 is 11.6 Å². The van der Waals surface area contributed by atoms with E-state index in [1.807, 2.05) is 30.3 Å². The van der Waals surface area contributed by atoms with Crippen LogP contribution in [-0.2, 0) is 14.5 Å². The highest BCUT2D eigenvalue weighted by atomic mass is 35.5. The van der Waals surface area contributed by atoms with Gasteiger partial charge in [0.25, 0.3) is 11.9 Å². The van der Waals surface area contributed by atoms with Gasteiger partial charge in [0, 0.05) is 48.9 Å². The van der Waals surface area contributed by atoms with Crippen LogP contribution in [0.5, 0.6) is 5.75 Å². The summed E-state index contributed by atoms with van der Waals surface area (Å²) in [5, 5.41) is 7.30. The van der Waals surface area contributed by atoms with Crippen LogP contribution in [0.15, 0.2) is 48.5 Å². The molecule has 1 aliphatic heterocycles. The first-order valence-electron chi connectivity index (χ1n) is 11.1. The van der Waals surface area contributed by atoms with Gasteiger partial charge in [-0.15, -0.1) is 0 Å². The summed E-state index contributed by atoms with van der Waals surface area (Å²) in [4.78, 5) is 36.5. The third-order valence-corrected chi connectivity index (χ3v) is 5.38. The Morgan fingerprint density at radius 2 is 1.73 bits per heavy atom. The van der Waals surface area contributed by atoms with Gasteiger partial charge in [-0.2, -0.15) is 13.2 Å². The molecule has 1 heterocycles. The number of guanidine groups is 1. The number of hydrogen-bond donors (Lipinski definition) is 2. The van der Waals surface area contributed by atoms with Crippen molar-refractivity contribution in [3.05, 3.63) is 59.1 Å². The first kappa shape index (κ1) is 27.9. The van der Waals surface area contributed by atoms with E-state index >= 15 is 0 Å². The van der Waals surface area contributed by atoms with Crippen molar-refractivity contribution in [1.29, 1.82) is 5.41 Å². The predicted octanol–water partition coefficient (Wildman–Crippen LogP) is 3.22. The molecule has 0 atom stereocenters. The molecule has 0 radical (unpaired) electrons. The van der Waals surface area contributed by atoms with Crippen molar-refractivity contribution in [3.63, 3.8) is 0 Å². The number of nitrogens with one attached hydrogen (secondary N) is 1. The van der Waals surface area contributed by atoms with Gasteiger partial charge in [-0.1, -0.05) is 29.8 Å². The zero-order chi connectivity index (χ0) is 27.0. The Morgan fingerprint density at radius 3 is 2.35 bits per heavy atom. The minimum absolute atomic E-state index is 0.0166. The quantitative estimate of drug-likeness (QED) is 0.225. The number of hydroxylamine groups is 2. The molecule has 37 heavy (non-hydrogen) atoms. The van der Waals surface area contributed by atoms with Gasteiger partial charge in [-0.25, -0.2) is 9.63 Å². The largest absolute Gasteiger partial charge is 0.493 e. The summed E-state index contributed by atoms with van der Waals surface area (Å²) in [5.74, 6) is -3.52. The molecule has 200 valence electrons. The van der Waals surface area contributed by atoms with Gasteiger partial charge in [0.05, 0.1) is 13.2 Å². The molecule has 1 aliphatic rings. The van der Waals surface area contributed by atoms with Crippen LogP contribution in [0.3, 0.4) is 0 Å². The number of halogens is 4. The van der Waals surface area contributed by atoms with Crippen molar-refractivity contribution in [2.24, 2.45) is 5.73 Å². The normalized spacial score (nSPS) is 13.7. The van der Waals surface area contributed by atoms with E-state index < -0.39 is 18.1 Å². The van der Waals surface area contributed by atoms with Crippen LogP contribution in [0.2, 0.25) is 5.02 Å². The lowest BCUT2D eigenvalue weighted by Crippen LogP contribution is -2.48. The molecule has 0 spiro atoms. The van der Waals surface area contributed by atoms with Crippen molar-refractivity contribution < 1.29 is 37.2 Å². The molecule has 1 saturated heterocycles. The van der Waals surface area contributed by atoms with E-state index in [1.165, 1.54) is 6.07 Å². The minimum atomic E-state index is -5.28. The van der Waals surface area contributed by atoms with Gasteiger partial charge in [-0.3, -0.25) is 10.2 Å². The number of alkyl halides is 3. The second-order valence-corrected chi connectivity index (χ2v) is 8.28. The summed E-state index contributed by atoms with van der Waals surface area (Å²) in [6.07, 6.45) is -5.16. The lowest BCUT2D eigenvalue weighted by atomic mass is 10.1. The Balaban J connectivity index is 1.48. The Hall–Kier alpha value is -3.71. The van der Waals surface area contributed by atoms with Crippen LogP contribution in [0.1, 0.15) is 16.8 Å². The number of rotatable bonds is 8. The van der Waals surface area contributed by atoms with Crippen molar-refractivity contribution in [2.75, 3.05) is 44.3 Å². The van der Waals surface area contributed by atoms with E-state index in [0.29, 0.717) is 42.5 Å². The third kappa shape index (κ3) is 8.15. The highest BCUT2D eigenvalue weighted by molar-refractivity contribution is 6.31. The number of amides is 1. The SMILES string of the molecule is N=C(N)N(OCCCOc1cc(Cl)cc(C(=O)N2CCN(c3ccccc3)CC2)c1)OC(=O)C(F)(F)F. The van der Waals surface area contributed by atoms with E-state index in [4.69, 9.17) is 32.3 Å². The molecular formula is C23H25ClF3N5O5. The highest BCUT2D eigenvalue weighted by Gasteiger charge is 2.43. The van der Waals surface area contributed by atoms with Gasteiger partial charge in [-0.05, 0) is 35.6 Å². The molecule has 2 aromatic rings. The van der Waals surface area contributed by atoms with Gasteiger partial charge < -0.3 is 25.1 Å². The maximum atomic E-state index is 13.0. The molecule has 0 unspecified atom stereocenters. The fourth-order valence-corrected chi connectivity index (χ4v) is 3.65. The standard InChI is InChI=1S/C23H25ClF3N5O5/c24-17-13-16(20(33)31-9-7-30(8-10-31)18-5-2-1-3-6-18)14-19(15-17)35-11-4-12-36-32(22(28)29)37-21(34)23(25,26)27/h1-3,5-6,13-15H,4,7-12H2,(H3,28,29). The van der Waals surface area contributed by atoms with Crippen LogP contribution < -0.4 is 15.4 Å². The summed E-state index contributed by atoms with van der Waals surface area (Å²) in [6.45, 7) is 2.19. The Kier molecular flexibility index (Phi) is 9.42. The average molecular weight is 544 g/mol. The number of anilines is 1. The molecule has 2 aromatic carbocycles. The van der Waals surface area contributed by atoms with Crippen LogP contribution in [0, 0.1) is 5.41 Å². The van der Waals surface area contributed by atoms with E-state index in [1.54, 1.807) is 17.0 Å². The number of carbonyl (C=O) groups excluding carboxylic acids is 2. The molecule has 1 fully saturated rings. The maximum Gasteiger partial charge on any atom is 0.493 e. The predicted molar refractivity (Wildman–Crippen MR) is 128 cm³/mol. The number of ether oxygens (including phenoxy) is 1. The summed E-state index contributed by atoms with van der Waals surface area (Å²) >= 11 is 6.17. The van der Waals surface area contributed by atoms with Gasteiger partial charge in [0.15, 0.2) is 0 Å². The molecule has 1 amide bonds. The number of hydrogen-bond acceptors (Lipinski definition) is 7. The highest BCUT2D eigenvalue weighted by Crippen LogP contribution is 2.24. The number of carbonyl (C=O) groups is 2. The monoisotopic (exact) mass is 543 g/mol. The van der Waals surface area contributed by atoms with Crippen LogP contribution in [-0.4, -0.2) is 73.5 Å². The van der Waals surface area contributed by atoms with E-state index in [0.717, 1.165) is 5.69 Å². The fraction of sp³-hybridized carbons (Fsp3) is 0.348. The smallest absolute Gasteiger partial charge is 0.493 e. The molecule has 10 nitrogen and oxygen atoms in total. The third-order valence-electron chi connectivity index (χ3n) is 5.17. The number of nitrogens with zero attached hydrogens (tertiary/aromatic N) is 3. The van der Waals surface area contributed by atoms with Crippen molar-refractivity contribution >= 4 is 35.1 Å². The summed E-state index contributed by atoms with van der Waals surface area (Å²) in [6, 6.07) is 14.5. The van der Waals surface area contributed by atoms with E-state index in [9.17, 15) is 22.8 Å². The van der Waals surface area contributed by atoms with Gasteiger partial charge in [0.1, 0.15) is 5.75 Å². The van der Waals surface area contributed by atoms with Crippen LogP contribution in [0.25, 0.3) is 0 Å². The fourth-order valence-electron chi connectivity index (χ4n) is 3.43. The summed E-state index contributed by atoms with van der Waals surface area (Å²) in [7, 11) is 0. The lowest BCUT2D eigenvalue weighted by Gasteiger charge is -2.36. The number of piperazine rings is 1. The second-order valence-electron chi connectivity index (χ2n) is 7.84. The molecule has 0 bridgehead atoms. The Morgan fingerprint density at radius 1 is 1.05 bits per heavy atom. The molecule has 3 N–H and O–H groups in total. The zero-order valence-corrected chi connectivity index (χ0v) is 20.3. The van der Waals surface area contributed by atoms with E-state index in [2.05, 4.69) is 9.74 Å². The molecule has 14 heteroatoms. The topological polar surface area (TPSA) is 121 Å². The van der Waals surface area contributed by atoms with E-state index in [-0.39, 0.29) is 30.8 Å². The Labute approximate surface area is 215 Å². The molecule has 0 aromatic heterocycles. The Bertz CT molecular complexity index is 1100. The molecule has 3 rings (SSSR count). The maximum absolute atomic E-state index is 13.0. The zero-order valence-electron chi connectivity index (χ0n) is 19.5. The molecule has 0 saturated carbocycles. The first-order valence-corrected chi connectivity index (χ1v) is 11.5. The number of benzene rings is 2. The summed E-state index contributed by atoms with van der Waals surface area (Å²) < 4.78 is 42.5. The van der Waals surface area contributed by atoms with Crippen LogP contribution in [0.4, 0.5) is 18.9 Å². The molecular weight excluding hydrogens is 519 g/mol. The number of nitrogens with two attached hydrogens (primary N) is 1. The summed E-state index contributed by atoms with van der Waals surface area (Å²) in [5.41, 5.74) is 6.50. The van der Waals surface area contributed by atoms with Crippen molar-refractivity contribution in [1.82, 2.24) is 10.1 Å². The van der Waals surface area contributed by atoms with Crippen molar-refractivity contribution in [2.45, 2.75) is 12.6 Å². The lowest BCUT2D eigenvalue weighted by molar-refractivity contribution is -0.317. The first-order chi connectivity index (χ1) is 17.5. The molecule has 0 aliphatic carbocycles. The van der Waals surface area contributed by atoms with Gasteiger partial charge >= 0.3 is 12.1 Å². The average Bonchev–Trinajstić information content (AvgIpc) is 2.87. The van der Waals surface area contributed by atoms with Gasteiger partial charge in [0.2, 0.25) is 0 Å². The minimum Gasteiger partial charge on any atom is -0.493 e. The van der Waals surface area contributed by atoms with Crippen molar-refractivity contribution in [3.8, 4) is 5.75 Å².